The van der Waals surface area contributed by atoms with Crippen LogP contribution in [-0.4, -0.2) is 34.4 Å². The Labute approximate surface area is 76.3 Å². The summed E-state index contributed by atoms with van der Waals surface area (Å²) in [5.41, 5.74) is 0. The van der Waals surface area contributed by atoms with Crippen LogP contribution in [0.5, 0.6) is 0 Å². The van der Waals surface area contributed by atoms with Crippen molar-refractivity contribution in [2.45, 2.75) is 38.9 Å². The molecule has 5 nitrogen and oxygen atoms in total. The lowest BCUT2D eigenvalue weighted by Gasteiger charge is -2.11. The molecule has 0 aliphatic carbocycles. The van der Waals surface area contributed by atoms with Crippen molar-refractivity contribution in [3.8, 4) is 0 Å². The molecule has 0 fully saturated rings. The molecule has 13 heavy (non-hydrogen) atoms. The number of rotatable bonds is 5. The van der Waals surface area contributed by atoms with Gasteiger partial charge in [0.25, 0.3) is 0 Å². The number of carboxylic acids is 1. The van der Waals surface area contributed by atoms with E-state index in [2.05, 4.69) is 0 Å². The highest BCUT2D eigenvalue weighted by Gasteiger charge is 2.14. The highest BCUT2D eigenvalue weighted by atomic mass is 16.7. The highest BCUT2D eigenvalue weighted by Crippen LogP contribution is 2.01. The van der Waals surface area contributed by atoms with E-state index in [4.69, 9.17) is 14.9 Å². The molecule has 0 saturated carbocycles. The van der Waals surface area contributed by atoms with E-state index in [-0.39, 0.29) is 12.8 Å². The van der Waals surface area contributed by atoms with Crippen LogP contribution in [0.25, 0.3) is 0 Å². The summed E-state index contributed by atoms with van der Waals surface area (Å²) in [6.45, 7) is 2.96. The van der Waals surface area contributed by atoms with Crippen molar-refractivity contribution in [3.05, 3.63) is 0 Å². The molecule has 0 rings (SSSR count). The monoisotopic (exact) mass is 196 g/mol. The van der Waals surface area contributed by atoms with Gasteiger partial charge >= 0.3 is 11.9 Å². The van der Waals surface area contributed by atoms with Gasteiger partial charge in [-0.05, 0) is 13.8 Å². The topological polar surface area (TPSA) is 83.8 Å². The zero-order valence-corrected chi connectivity index (χ0v) is 7.69. The Kier molecular flexibility index (Phi) is 5.06. The minimum atomic E-state index is -1.02. The number of hydrogen-bond acceptors (Lipinski definition) is 4. The number of carboxylic acid groups (broad SMARTS) is 1. The molecule has 2 unspecified atom stereocenters. The lowest BCUT2D eigenvalue weighted by atomic mass is 10.7. The quantitative estimate of drug-likeness (QED) is 0.483. The van der Waals surface area contributed by atoms with Crippen LogP contribution in [0.2, 0.25) is 0 Å². The molecule has 0 aromatic rings. The number of aliphatic carboxylic acids is 1. The summed E-state index contributed by atoms with van der Waals surface area (Å²) < 4.78 is 4.69. The summed E-state index contributed by atoms with van der Waals surface area (Å²) >= 11 is 0. The standard InChI is InChI=1S/C8H14O5/c1-5(9)3-8(12)13-6(2)4-7(10)11/h5-6,9H,3-4H2,1-2H3,(H,10,11)/i1+1,3+1,5+1,6+1,7+1,8+1. The Bertz CT molecular complexity index is 187. The molecule has 0 aliphatic rings. The zero-order chi connectivity index (χ0) is 10.4. The second kappa shape index (κ2) is 5.53. The first-order valence-corrected chi connectivity index (χ1v) is 4.01. The molecule has 0 aromatic heterocycles. The van der Waals surface area contributed by atoms with Gasteiger partial charge in [-0.25, -0.2) is 0 Å². The largest absolute Gasteiger partial charge is 0.481 e. The van der Waals surface area contributed by atoms with Crippen LogP contribution < -0.4 is 0 Å². The Morgan fingerprint density at radius 3 is 2.23 bits per heavy atom. The molecular weight excluding hydrogens is 182 g/mol. The van der Waals surface area contributed by atoms with Gasteiger partial charge in [0.1, 0.15) is 6.10 Å². The lowest BCUT2D eigenvalue weighted by molar-refractivity contribution is -0.153. The molecule has 0 aromatic carbocycles. The maximum atomic E-state index is 10.9. The normalized spacial score (nSPS) is 14.7. The molecule has 2 N–H and O–H groups in total. The van der Waals surface area contributed by atoms with Gasteiger partial charge in [0, 0.05) is 0 Å². The SMILES string of the molecule is C[13CH](C[13C](=O)O)O[13C](=O)[13CH2][13CH]([13CH3])O. The van der Waals surface area contributed by atoms with Crippen LogP contribution in [0, 0.1) is 0 Å². The van der Waals surface area contributed by atoms with Gasteiger partial charge in [-0.2, -0.15) is 0 Å². The molecule has 0 radical (unpaired) electrons. The first-order valence-electron chi connectivity index (χ1n) is 4.01. The molecule has 0 bridgehead atoms. The van der Waals surface area contributed by atoms with Crippen LogP contribution in [-0.2, 0) is 14.3 Å². The minimum Gasteiger partial charge on any atom is -0.481 e. The third-order valence-electron chi connectivity index (χ3n) is 1.26. The van der Waals surface area contributed by atoms with Gasteiger partial charge in [0.05, 0.1) is 18.9 Å². The first kappa shape index (κ1) is 11.9. The number of hydrogen-bond donors (Lipinski definition) is 2. The van der Waals surface area contributed by atoms with Crippen molar-refractivity contribution >= 4 is 11.9 Å². The Hall–Kier alpha value is -1.10. The number of aliphatic hydroxyl groups is 1. The maximum absolute atomic E-state index is 10.9. The van der Waals surface area contributed by atoms with Crippen molar-refractivity contribution < 1.29 is 24.5 Å². The Morgan fingerprint density at radius 1 is 1.31 bits per heavy atom. The lowest BCUT2D eigenvalue weighted by Crippen LogP contribution is -2.20. The highest BCUT2D eigenvalue weighted by molar-refractivity contribution is 5.71. The fraction of sp³-hybridized carbons (Fsp3) is 0.750. The summed E-state index contributed by atoms with van der Waals surface area (Å²) in [5, 5.41) is 17.1. The van der Waals surface area contributed by atoms with E-state index in [0.717, 1.165) is 0 Å². The number of ether oxygens (including phenoxy) is 1. The summed E-state index contributed by atoms with van der Waals surface area (Å²) in [5.74, 6) is -1.60. The van der Waals surface area contributed by atoms with E-state index in [0.29, 0.717) is 0 Å². The van der Waals surface area contributed by atoms with Crippen molar-refractivity contribution in [1.29, 1.82) is 0 Å². The molecular formula is C8H14O5. The number of aliphatic hydroxyl groups excluding tert-OH is 1. The van der Waals surface area contributed by atoms with E-state index < -0.39 is 24.1 Å². The van der Waals surface area contributed by atoms with E-state index in [1.807, 2.05) is 0 Å². The third kappa shape index (κ3) is 7.27. The molecule has 0 heterocycles. The van der Waals surface area contributed by atoms with Crippen molar-refractivity contribution in [2.75, 3.05) is 0 Å². The van der Waals surface area contributed by atoms with Crippen LogP contribution in [0.3, 0.4) is 0 Å². The van der Waals surface area contributed by atoms with E-state index in [1.54, 1.807) is 0 Å². The summed E-state index contributed by atoms with van der Waals surface area (Å²) in [6.07, 6.45) is -1.73. The minimum absolute atomic E-state index is 0.107. The molecule has 0 saturated heterocycles. The second-order valence-corrected chi connectivity index (χ2v) is 2.95. The molecule has 76 valence electrons. The molecule has 2 atom stereocenters. The number of carbonyl (C=O) groups is 2. The molecule has 5 heteroatoms. The van der Waals surface area contributed by atoms with Gasteiger partial charge in [0.2, 0.25) is 0 Å². The predicted molar refractivity (Wildman–Crippen MR) is 44.1 cm³/mol. The van der Waals surface area contributed by atoms with Crippen LogP contribution >= 0.6 is 0 Å². The van der Waals surface area contributed by atoms with E-state index >= 15 is 0 Å². The molecule has 0 amide bonds. The van der Waals surface area contributed by atoms with E-state index in [9.17, 15) is 9.59 Å². The van der Waals surface area contributed by atoms with Crippen LogP contribution in [0.4, 0.5) is 0 Å². The first-order chi connectivity index (χ1) is 5.91. The van der Waals surface area contributed by atoms with Crippen LogP contribution in [0.15, 0.2) is 0 Å². The average molecular weight is 196 g/mol. The van der Waals surface area contributed by atoms with Gasteiger partial charge < -0.3 is 14.9 Å². The smallest absolute Gasteiger partial charge is 0.308 e. The fourth-order valence-corrected chi connectivity index (χ4v) is 0.801. The van der Waals surface area contributed by atoms with Crippen molar-refractivity contribution in [1.82, 2.24) is 0 Å². The van der Waals surface area contributed by atoms with Gasteiger partial charge in [0.15, 0.2) is 0 Å². The number of esters is 1. The molecule has 0 aliphatic heterocycles. The molecule has 0 spiro atoms. The second-order valence-electron chi connectivity index (χ2n) is 2.95. The van der Waals surface area contributed by atoms with Crippen molar-refractivity contribution in [2.24, 2.45) is 0 Å². The average Bonchev–Trinajstić information content (AvgIpc) is 1.80. The fourth-order valence-electron chi connectivity index (χ4n) is 0.801. The zero-order valence-electron chi connectivity index (χ0n) is 7.69. The maximum Gasteiger partial charge on any atom is 0.308 e. The van der Waals surface area contributed by atoms with Gasteiger partial charge in [-0.3, -0.25) is 9.59 Å². The van der Waals surface area contributed by atoms with E-state index in [1.165, 1.54) is 13.8 Å². The number of carbonyl (C=O) groups excluding carboxylic acids is 1. The summed E-state index contributed by atoms with van der Waals surface area (Å²) in [7, 11) is 0. The van der Waals surface area contributed by atoms with Crippen LogP contribution in [0.1, 0.15) is 26.7 Å². The van der Waals surface area contributed by atoms with Gasteiger partial charge in [-0.15, -0.1) is 0 Å². The van der Waals surface area contributed by atoms with Crippen molar-refractivity contribution in [3.63, 3.8) is 0 Å². The van der Waals surface area contributed by atoms with Gasteiger partial charge in [-0.1, -0.05) is 0 Å². The summed E-state index contributed by atoms with van der Waals surface area (Å²) in [4.78, 5) is 21.0. The third-order valence-corrected chi connectivity index (χ3v) is 1.26. The predicted octanol–water partition coefficient (Wildman–Crippen LogP) is 0.164. The summed E-state index contributed by atoms with van der Waals surface area (Å²) in [6, 6.07) is 0. The Balaban J connectivity index is 3.71. The Morgan fingerprint density at radius 2 is 1.85 bits per heavy atom.